The molecule has 0 saturated heterocycles. The van der Waals surface area contributed by atoms with Gasteiger partial charge >= 0.3 is 0 Å². The summed E-state index contributed by atoms with van der Waals surface area (Å²) < 4.78 is 11.0. The highest BCUT2D eigenvalue weighted by Gasteiger charge is 2.35. The number of amides is 1. The van der Waals surface area contributed by atoms with E-state index in [4.69, 9.17) is 8.83 Å². The second-order valence-corrected chi connectivity index (χ2v) is 7.39. The van der Waals surface area contributed by atoms with E-state index < -0.39 is 0 Å². The third kappa shape index (κ3) is 3.68. The highest BCUT2D eigenvalue weighted by molar-refractivity contribution is 7.99. The molecular formula is C18H19N5O3S. The average Bonchev–Trinajstić information content (AvgIpc) is 3.46. The Morgan fingerprint density at radius 3 is 2.81 bits per heavy atom. The summed E-state index contributed by atoms with van der Waals surface area (Å²) in [5, 5.41) is 13.6. The van der Waals surface area contributed by atoms with Crippen LogP contribution in [-0.4, -0.2) is 37.6 Å². The molecule has 27 heavy (non-hydrogen) atoms. The Morgan fingerprint density at radius 2 is 2.15 bits per heavy atom. The Morgan fingerprint density at radius 1 is 1.33 bits per heavy atom. The van der Waals surface area contributed by atoms with Crippen molar-refractivity contribution in [2.45, 2.75) is 37.4 Å². The summed E-state index contributed by atoms with van der Waals surface area (Å²) in [4.78, 5) is 17.2. The Hall–Kier alpha value is -2.81. The van der Waals surface area contributed by atoms with E-state index in [1.165, 1.54) is 16.8 Å². The molecule has 1 amide bonds. The minimum Gasteiger partial charge on any atom is -0.467 e. The average molecular weight is 385 g/mol. The number of aromatic nitrogens is 3. The number of carbonyl (C=O) groups is 1. The van der Waals surface area contributed by atoms with Crippen LogP contribution in [0.1, 0.15) is 49.6 Å². The number of hydrogen-bond acceptors (Lipinski definition) is 7. The van der Waals surface area contributed by atoms with E-state index in [9.17, 15) is 4.79 Å². The molecule has 1 aliphatic heterocycles. The normalized spacial score (nSPS) is 16.9. The first kappa shape index (κ1) is 17.6. The maximum Gasteiger partial charge on any atom is 0.253 e. The Labute approximate surface area is 160 Å². The van der Waals surface area contributed by atoms with E-state index in [0.29, 0.717) is 23.1 Å². The monoisotopic (exact) mass is 385 g/mol. The van der Waals surface area contributed by atoms with Crippen LogP contribution in [0.3, 0.4) is 0 Å². The molecule has 140 valence electrons. The molecule has 1 atom stereocenters. The number of hydrogen-bond donors (Lipinski definition) is 1. The molecule has 0 radical (unpaired) electrons. The van der Waals surface area contributed by atoms with Gasteiger partial charge in [-0.3, -0.25) is 9.89 Å². The first-order valence-electron chi connectivity index (χ1n) is 8.63. The fourth-order valence-electron chi connectivity index (χ4n) is 2.81. The molecule has 1 aliphatic rings. The largest absolute Gasteiger partial charge is 0.467 e. The van der Waals surface area contributed by atoms with Gasteiger partial charge in [0.25, 0.3) is 5.91 Å². The number of carbonyl (C=O) groups excluding carboxylic acids is 1. The molecule has 0 unspecified atom stereocenters. The highest BCUT2D eigenvalue weighted by atomic mass is 32.2. The van der Waals surface area contributed by atoms with Gasteiger partial charge in [0.1, 0.15) is 29.1 Å². The fourth-order valence-corrected chi connectivity index (χ4v) is 3.47. The van der Waals surface area contributed by atoms with E-state index in [1.54, 1.807) is 24.7 Å². The molecule has 3 aromatic rings. The van der Waals surface area contributed by atoms with Crippen LogP contribution in [0.5, 0.6) is 0 Å². The van der Waals surface area contributed by atoms with Gasteiger partial charge in [-0.25, -0.2) is 9.99 Å². The first-order chi connectivity index (χ1) is 13.1. The van der Waals surface area contributed by atoms with E-state index in [2.05, 4.69) is 20.3 Å². The number of hydrazone groups is 1. The second kappa shape index (κ2) is 7.43. The number of thioether (sulfide) groups is 1. The van der Waals surface area contributed by atoms with Crippen LogP contribution in [0.15, 0.2) is 55.9 Å². The number of furan rings is 2. The van der Waals surface area contributed by atoms with Gasteiger partial charge < -0.3 is 8.83 Å². The summed E-state index contributed by atoms with van der Waals surface area (Å²) in [6.07, 6.45) is 3.73. The van der Waals surface area contributed by atoms with Crippen molar-refractivity contribution in [1.82, 2.24) is 20.2 Å². The van der Waals surface area contributed by atoms with Crippen molar-refractivity contribution in [3.63, 3.8) is 0 Å². The zero-order chi connectivity index (χ0) is 18.8. The lowest BCUT2D eigenvalue weighted by atomic mass is 10.1. The number of nitrogens with one attached hydrogen (secondary N) is 1. The lowest BCUT2D eigenvalue weighted by Crippen LogP contribution is -2.28. The zero-order valence-corrected chi connectivity index (χ0v) is 15.8. The van der Waals surface area contributed by atoms with Crippen LogP contribution in [0.2, 0.25) is 0 Å². The van der Waals surface area contributed by atoms with Crippen molar-refractivity contribution in [1.29, 1.82) is 0 Å². The molecule has 0 bridgehead atoms. The van der Waals surface area contributed by atoms with Crippen molar-refractivity contribution in [3.8, 4) is 0 Å². The maximum absolute atomic E-state index is 12.8. The SMILES string of the molecule is CC(C)c1nc(SCC(=O)N2N=C(c3ccco3)C[C@@H]2c2ccco2)n[nH]1. The third-order valence-corrected chi connectivity index (χ3v) is 5.03. The van der Waals surface area contributed by atoms with Gasteiger partial charge in [0.15, 0.2) is 0 Å². The highest BCUT2D eigenvalue weighted by Crippen LogP contribution is 2.33. The van der Waals surface area contributed by atoms with Crippen LogP contribution in [0.4, 0.5) is 0 Å². The number of rotatable bonds is 6. The topological polar surface area (TPSA) is 101 Å². The number of nitrogens with zero attached hydrogens (tertiary/aromatic N) is 4. The van der Waals surface area contributed by atoms with Gasteiger partial charge in [-0.05, 0) is 24.3 Å². The van der Waals surface area contributed by atoms with Gasteiger partial charge in [-0.15, -0.1) is 5.10 Å². The second-order valence-electron chi connectivity index (χ2n) is 6.44. The van der Waals surface area contributed by atoms with Crippen molar-refractivity contribution < 1.29 is 13.6 Å². The Balaban J connectivity index is 1.50. The fraction of sp³-hybridized carbons (Fsp3) is 0.333. The summed E-state index contributed by atoms with van der Waals surface area (Å²) in [6.45, 7) is 4.06. The summed E-state index contributed by atoms with van der Waals surface area (Å²) in [7, 11) is 0. The molecule has 4 heterocycles. The summed E-state index contributed by atoms with van der Waals surface area (Å²) in [5.41, 5.74) is 0.722. The van der Waals surface area contributed by atoms with Crippen LogP contribution in [0, 0.1) is 0 Å². The number of H-pyrrole nitrogens is 1. The molecule has 8 nitrogen and oxygen atoms in total. The summed E-state index contributed by atoms with van der Waals surface area (Å²) in [6, 6.07) is 7.01. The van der Waals surface area contributed by atoms with Gasteiger partial charge in [-0.2, -0.15) is 5.10 Å². The smallest absolute Gasteiger partial charge is 0.253 e. The maximum atomic E-state index is 12.8. The van der Waals surface area contributed by atoms with E-state index in [1.807, 2.05) is 26.0 Å². The van der Waals surface area contributed by atoms with Gasteiger partial charge in [0.05, 0.1) is 18.3 Å². The predicted molar refractivity (Wildman–Crippen MR) is 99.4 cm³/mol. The van der Waals surface area contributed by atoms with Crippen LogP contribution in [0.25, 0.3) is 0 Å². The molecule has 0 saturated carbocycles. The van der Waals surface area contributed by atoms with Crippen molar-refractivity contribution in [2.75, 3.05) is 5.75 Å². The molecule has 0 fully saturated rings. The minimum atomic E-state index is -0.286. The minimum absolute atomic E-state index is 0.140. The van der Waals surface area contributed by atoms with Crippen LogP contribution in [-0.2, 0) is 4.79 Å². The Kier molecular flexibility index (Phi) is 4.85. The predicted octanol–water partition coefficient (Wildman–Crippen LogP) is 3.58. The molecule has 0 aromatic carbocycles. The van der Waals surface area contributed by atoms with E-state index in [0.717, 1.165) is 11.5 Å². The van der Waals surface area contributed by atoms with Crippen LogP contribution >= 0.6 is 11.8 Å². The standard InChI is InChI=1S/C18H19N5O3S/c1-11(2)17-19-18(21-20-17)27-10-16(24)23-13(15-6-4-8-26-15)9-12(22-23)14-5-3-7-25-14/h3-8,11,13H,9-10H2,1-2H3,(H,19,20,21)/t13-/m1/s1. The molecule has 9 heteroatoms. The summed E-state index contributed by atoms with van der Waals surface area (Å²) >= 11 is 1.28. The van der Waals surface area contributed by atoms with Crippen molar-refractivity contribution >= 4 is 23.4 Å². The molecule has 3 aromatic heterocycles. The lowest BCUT2D eigenvalue weighted by molar-refractivity contribution is -0.130. The Bertz CT molecular complexity index is 930. The molecule has 4 rings (SSSR count). The molecule has 1 N–H and O–H groups in total. The van der Waals surface area contributed by atoms with Gasteiger partial charge in [0.2, 0.25) is 5.16 Å². The summed E-state index contributed by atoms with van der Waals surface area (Å²) in [5.74, 6) is 2.45. The van der Waals surface area contributed by atoms with Gasteiger partial charge in [0, 0.05) is 12.3 Å². The quantitative estimate of drug-likeness (QED) is 0.651. The van der Waals surface area contributed by atoms with Crippen LogP contribution < -0.4 is 0 Å². The third-order valence-electron chi connectivity index (χ3n) is 4.20. The number of aromatic amines is 1. The lowest BCUT2D eigenvalue weighted by Gasteiger charge is -2.19. The molecular weight excluding hydrogens is 366 g/mol. The zero-order valence-electron chi connectivity index (χ0n) is 15.0. The first-order valence-corrected chi connectivity index (χ1v) is 9.62. The van der Waals surface area contributed by atoms with Crippen molar-refractivity contribution in [2.24, 2.45) is 5.10 Å². The van der Waals surface area contributed by atoms with E-state index in [-0.39, 0.29) is 23.6 Å². The van der Waals surface area contributed by atoms with Crippen molar-refractivity contribution in [3.05, 3.63) is 54.1 Å². The molecule has 0 aliphatic carbocycles. The van der Waals surface area contributed by atoms with E-state index >= 15 is 0 Å². The molecule has 0 spiro atoms. The van der Waals surface area contributed by atoms with Gasteiger partial charge in [-0.1, -0.05) is 25.6 Å².